The van der Waals surface area contributed by atoms with Crippen LogP contribution in [0.5, 0.6) is 11.9 Å². The van der Waals surface area contributed by atoms with E-state index < -0.39 is 0 Å². The molecule has 25 heavy (non-hydrogen) atoms. The van der Waals surface area contributed by atoms with Crippen LogP contribution in [-0.2, 0) is 16.6 Å². The first-order valence-corrected chi connectivity index (χ1v) is 9.00. The van der Waals surface area contributed by atoms with Crippen molar-refractivity contribution in [1.82, 2.24) is 9.97 Å². The second-order valence-electron chi connectivity index (χ2n) is 7.05. The Morgan fingerprint density at radius 2 is 2.00 bits per heavy atom. The summed E-state index contributed by atoms with van der Waals surface area (Å²) in [5.74, 6) is 0.647. The molecule has 0 bridgehead atoms. The largest absolute Gasteiger partial charge is 0.515 e. The number of carbonyl (C=O) groups excluding carboxylic acids is 1. The van der Waals surface area contributed by atoms with Crippen LogP contribution in [0.4, 0.5) is 0 Å². The van der Waals surface area contributed by atoms with E-state index in [2.05, 4.69) is 11.9 Å². The number of ketones is 1. The lowest BCUT2D eigenvalue weighted by atomic mass is 9.55. The summed E-state index contributed by atoms with van der Waals surface area (Å²) in [6.45, 7) is 8.89. The summed E-state index contributed by atoms with van der Waals surface area (Å²) in [4.78, 5) is 21.6. The maximum Gasteiger partial charge on any atom is 0.319 e. The highest BCUT2D eigenvalue weighted by molar-refractivity contribution is 5.98. The number of Topliss-reactive ketones (excluding diaryl/α,β-unsaturated/α-hetero) is 1. The van der Waals surface area contributed by atoms with Gasteiger partial charge in [-0.2, -0.15) is 9.97 Å². The Labute approximate surface area is 148 Å². The third-order valence-corrected chi connectivity index (χ3v) is 5.61. The van der Waals surface area contributed by atoms with Gasteiger partial charge in [0.25, 0.3) is 0 Å². The first-order valence-electron chi connectivity index (χ1n) is 9.00. The van der Waals surface area contributed by atoms with E-state index in [4.69, 9.17) is 14.5 Å². The van der Waals surface area contributed by atoms with Crippen LogP contribution >= 0.6 is 0 Å². The number of carbonyl (C=O) groups is 1. The number of ether oxygens (including phenoxy) is 2. The Morgan fingerprint density at radius 3 is 2.64 bits per heavy atom. The first kappa shape index (κ1) is 17.7. The van der Waals surface area contributed by atoms with Gasteiger partial charge in [0, 0.05) is 22.5 Å². The van der Waals surface area contributed by atoms with Crippen molar-refractivity contribution in [2.75, 3.05) is 13.2 Å². The molecular weight excluding hydrogens is 320 g/mol. The van der Waals surface area contributed by atoms with Crippen LogP contribution < -0.4 is 9.47 Å². The molecule has 2 aliphatic rings. The molecule has 3 rings (SSSR count). The van der Waals surface area contributed by atoms with Crippen LogP contribution in [0.15, 0.2) is 11.8 Å². The molecule has 0 aromatic carbocycles. The summed E-state index contributed by atoms with van der Waals surface area (Å²) >= 11 is 0. The van der Waals surface area contributed by atoms with Gasteiger partial charge >= 0.3 is 6.01 Å². The van der Waals surface area contributed by atoms with E-state index in [1.807, 2.05) is 20.8 Å². The molecule has 6 nitrogen and oxygen atoms in total. The molecule has 2 aliphatic carbocycles. The molecule has 0 aliphatic heterocycles. The second-order valence-corrected chi connectivity index (χ2v) is 7.05. The van der Waals surface area contributed by atoms with Crippen molar-refractivity contribution in [3.8, 4) is 11.9 Å². The van der Waals surface area contributed by atoms with E-state index >= 15 is 0 Å². The molecule has 0 amide bonds. The molecule has 1 aromatic heterocycles. The van der Waals surface area contributed by atoms with Crippen LogP contribution in [0.2, 0.25) is 0 Å². The van der Waals surface area contributed by atoms with E-state index in [1.165, 1.54) is 0 Å². The maximum atomic E-state index is 12.5. The van der Waals surface area contributed by atoms with Crippen LogP contribution in [0.25, 0.3) is 0 Å². The van der Waals surface area contributed by atoms with Gasteiger partial charge in [0.2, 0.25) is 5.88 Å². The summed E-state index contributed by atoms with van der Waals surface area (Å²) in [7, 11) is 0. The Balaban J connectivity index is 2.16. The lowest BCUT2D eigenvalue weighted by molar-refractivity contribution is -0.124. The lowest BCUT2D eigenvalue weighted by Gasteiger charge is -2.48. The number of aliphatic hydroxyl groups excluding tert-OH is 1. The molecule has 1 aromatic rings. The van der Waals surface area contributed by atoms with Gasteiger partial charge in [-0.15, -0.1) is 0 Å². The number of fused-ring (bicyclic) bond motifs is 3. The molecule has 0 spiro atoms. The van der Waals surface area contributed by atoms with E-state index in [0.29, 0.717) is 37.1 Å². The Hall–Kier alpha value is -2.11. The average Bonchev–Trinajstić information content (AvgIpc) is 2.59. The quantitative estimate of drug-likeness (QED) is 0.666. The minimum absolute atomic E-state index is 0.0394. The molecular formula is C19H26N2O4. The standard InChI is InChI=1S/C19H26N2O4/c1-5-24-17-13-7-8-14-11(3)15(23)12(10-22)9-19(14,4)16(13)20-18(21-17)25-6-2/h10-11,14,22H,5-9H2,1-4H3/b12-10-/t11-,14-,19-/m0/s1. The second kappa shape index (κ2) is 6.65. The van der Waals surface area contributed by atoms with Gasteiger partial charge in [0.1, 0.15) is 0 Å². The van der Waals surface area contributed by atoms with Crippen molar-refractivity contribution in [2.45, 2.75) is 52.4 Å². The summed E-state index contributed by atoms with van der Waals surface area (Å²) in [6.07, 6.45) is 3.10. The number of aliphatic hydroxyl groups is 1. The van der Waals surface area contributed by atoms with E-state index in [-0.39, 0.29) is 23.0 Å². The molecule has 3 atom stereocenters. The zero-order valence-electron chi connectivity index (χ0n) is 15.3. The monoisotopic (exact) mass is 346 g/mol. The van der Waals surface area contributed by atoms with Crippen LogP contribution in [0, 0.1) is 11.8 Å². The van der Waals surface area contributed by atoms with Gasteiger partial charge in [0.15, 0.2) is 5.78 Å². The number of hydrogen-bond donors (Lipinski definition) is 1. The van der Waals surface area contributed by atoms with Crippen molar-refractivity contribution < 1.29 is 19.4 Å². The van der Waals surface area contributed by atoms with E-state index in [0.717, 1.165) is 30.4 Å². The number of hydrogen-bond acceptors (Lipinski definition) is 6. The third-order valence-electron chi connectivity index (χ3n) is 5.61. The fraction of sp³-hybridized carbons (Fsp3) is 0.632. The highest BCUT2D eigenvalue weighted by Gasteiger charge is 2.51. The minimum Gasteiger partial charge on any atom is -0.515 e. The van der Waals surface area contributed by atoms with Crippen molar-refractivity contribution >= 4 is 5.78 Å². The van der Waals surface area contributed by atoms with Gasteiger partial charge in [-0.1, -0.05) is 13.8 Å². The van der Waals surface area contributed by atoms with Crippen molar-refractivity contribution in [1.29, 1.82) is 0 Å². The van der Waals surface area contributed by atoms with E-state index in [1.54, 1.807) is 0 Å². The van der Waals surface area contributed by atoms with Gasteiger partial charge < -0.3 is 14.6 Å². The molecule has 0 unspecified atom stereocenters. The Morgan fingerprint density at radius 1 is 1.28 bits per heavy atom. The molecule has 1 N–H and O–H groups in total. The van der Waals surface area contributed by atoms with Crippen molar-refractivity contribution in [3.05, 3.63) is 23.1 Å². The maximum absolute atomic E-state index is 12.5. The summed E-state index contributed by atoms with van der Waals surface area (Å²) < 4.78 is 11.3. The van der Waals surface area contributed by atoms with Gasteiger partial charge in [-0.05, 0) is 39.0 Å². The average molecular weight is 346 g/mol. The predicted octanol–water partition coefficient (Wildman–Crippen LogP) is 3.14. The van der Waals surface area contributed by atoms with Crippen LogP contribution in [0.3, 0.4) is 0 Å². The minimum atomic E-state index is -0.351. The predicted molar refractivity (Wildman–Crippen MR) is 93.0 cm³/mol. The fourth-order valence-electron chi connectivity index (χ4n) is 4.47. The molecule has 1 fully saturated rings. The van der Waals surface area contributed by atoms with E-state index in [9.17, 15) is 9.90 Å². The zero-order valence-corrected chi connectivity index (χ0v) is 15.3. The molecule has 0 saturated heterocycles. The molecule has 1 saturated carbocycles. The van der Waals surface area contributed by atoms with Crippen LogP contribution in [0.1, 0.15) is 51.8 Å². The highest BCUT2D eigenvalue weighted by Crippen LogP contribution is 2.53. The molecule has 6 heteroatoms. The van der Waals surface area contributed by atoms with Crippen LogP contribution in [-0.4, -0.2) is 34.1 Å². The van der Waals surface area contributed by atoms with Gasteiger partial charge in [-0.25, -0.2) is 0 Å². The summed E-state index contributed by atoms with van der Waals surface area (Å²) in [5, 5.41) is 9.54. The highest BCUT2D eigenvalue weighted by atomic mass is 16.5. The summed E-state index contributed by atoms with van der Waals surface area (Å²) in [6, 6.07) is 0.311. The van der Waals surface area contributed by atoms with Gasteiger partial charge in [-0.3, -0.25) is 4.79 Å². The zero-order chi connectivity index (χ0) is 18.2. The summed E-state index contributed by atoms with van der Waals surface area (Å²) in [5.41, 5.74) is 2.01. The third kappa shape index (κ3) is 2.77. The molecule has 136 valence electrons. The Bertz CT molecular complexity index is 716. The first-order chi connectivity index (χ1) is 12.0. The topological polar surface area (TPSA) is 81.5 Å². The number of rotatable bonds is 4. The lowest BCUT2D eigenvalue weighted by Crippen LogP contribution is -2.48. The molecule has 1 heterocycles. The Kier molecular flexibility index (Phi) is 4.71. The SMILES string of the molecule is CCOc1nc(OCC)c2c(n1)[C@@]1(C)C/C(=C/O)C(=O)[C@@H](C)[C@@H]1CC2. The number of aromatic nitrogens is 2. The van der Waals surface area contributed by atoms with Gasteiger partial charge in [0.05, 0.1) is 25.2 Å². The smallest absolute Gasteiger partial charge is 0.319 e. The van der Waals surface area contributed by atoms with Crippen molar-refractivity contribution in [3.63, 3.8) is 0 Å². The molecule has 0 radical (unpaired) electrons. The fourth-order valence-corrected chi connectivity index (χ4v) is 4.47. The normalized spacial score (nSPS) is 29.9. The van der Waals surface area contributed by atoms with Crippen molar-refractivity contribution in [2.24, 2.45) is 11.8 Å². The number of allylic oxidation sites excluding steroid dienone is 1. The number of nitrogens with zero attached hydrogens (tertiary/aromatic N) is 2.